The molecule has 2 aliphatic heterocycles. The zero-order chi connectivity index (χ0) is 24.3. The van der Waals surface area contributed by atoms with Crippen molar-refractivity contribution in [2.75, 3.05) is 23.3 Å². The summed E-state index contributed by atoms with van der Waals surface area (Å²) in [6.07, 6.45) is 6.64. The molecule has 0 aromatic heterocycles. The van der Waals surface area contributed by atoms with Gasteiger partial charge in [-0.1, -0.05) is 36.5 Å². The van der Waals surface area contributed by atoms with E-state index < -0.39 is 23.6 Å². The van der Waals surface area contributed by atoms with Crippen LogP contribution >= 0.6 is 12.2 Å². The van der Waals surface area contributed by atoms with Crippen LogP contribution in [0.15, 0.2) is 71.7 Å². The van der Waals surface area contributed by atoms with E-state index in [0.717, 1.165) is 5.56 Å². The van der Waals surface area contributed by atoms with Gasteiger partial charge >= 0.3 is 6.09 Å². The maximum atomic E-state index is 14.9. The molecule has 0 radical (unpaired) electrons. The van der Waals surface area contributed by atoms with Crippen LogP contribution in [-0.2, 0) is 10.3 Å². The Bertz CT molecular complexity index is 1250. The molecule has 0 bridgehead atoms. The van der Waals surface area contributed by atoms with Crippen molar-refractivity contribution in [1.82, 2.24) is 10.6 Å². The summed E-state index contributed by atoms with van der Waals surface area (Å²) in [5.41, 5.74) is 0.717. The minimum atomic E-state index is -0.596. The maximum absolute atomic E-state index is 14.9. The van der Waals surface area contributed by atoms with Crippen molar-refractivity contribution in [3.05, 3.63) is 88.5 Å². The summed E-state index contributed by atoms with van der Waals surface area (Å²) in [4.78, 5) is 27.1. The molecule has 0 spiro atoms. The standard InChI is InChI=1S/C25H25FN4O3S/c1-16(34)27-14-19-15-30(24(32)33-19)18-8-9-21(20(26)13-18)29-22-7-5-6-17(12-23(22)31)25(2)10-3-4-11-28-25/h3-13,19,28H,14-15H2,1-2H3,(H,27,34)(H,29,31)/t19-,25?/m0/s1. The fraction of sp³-hybridized carbons (Fsp3) is 0.240. The zero-order valence-corrected chi connectivity index (χ0v) is 19.6. The van der Waals surface area contributed by atoms with Crippen molar-refractivity contribution in [2.24, 2.45) is 0 Å². The number of allylic oxidation sites excluding steroid dienone is 2. The van der Waals surface area contributed by atoms with Crippen molar-refractivity contribution >= 4 is 40.4 Å². The number of thiocarbonyl (C=S) groups is 1. The molecule has 3 N–H and O–H groups in total. The number of rotatable bonds is 6. The van der Waals surface area contributed by atoms with Gasteiger partial charge in [0.05, 0.1) is 40.7 Å². The molecule has 2 aromatic rings. The van der Waals surface area contributed by atoms with E-state index in [0.29, 0.717) is 17.2 Å². The van der Waals surface area contributed by atoms with Crippen LogP contribution < -0.4 is 26.3 Å². The fourth-order valence-corrected chi connectivity index (χ4v) is 3.87. The van der Waals surface area contributed by atoms with Crippen LogP contribution in [0, 0.1) is 5.82 Å². The van der Waals surface area contributed by atoms with Crippen molar-refractivity contribution in [3.63, 3.8) is 0 Å². The monoisotopic (exact) mass is 480 g/mol. The first-order chi connectivity index (χ1) is 16.2. The minimum absolute atomic E-state index is 0.126. The topological polar surface area (TPSA) is 82.7 Å². The van der Waals surface area contributed by atoms with Gasteiger partial charge in [-0.3, -0.25) is 9.69 Å². The number of hydrogen-bond donors (Lipinski definition) is 3. The Morgan fingerprint density at radius 2 is 2.06 bits per heavy atom. The molecule has 4 rings (SSSR count). The first-order valence-electron chi connectivity index (χ1n) is 10.8. The van der Waals surface area contributed by atoms with E-state index in [4.69, 9.17) is 17.0 Å². The Kier molecular flexibility index (Phi) is 6.65. The lowest BCUT2D eigenvalue weighted by Gasteiger charge is -2.28. The molecular formula is C25H25FN4O3S. The average molecular weight is 481 g/mol. The molecule has 34 heavy (non-hydrogen) atoms. The Labute approximate surface area is 202 Å². The van der Waals surface area contributed by atoms with Gasteiger partial charge in [0.2, 0.25) is 5.43 Å². The SMILES string of the molecule is CC(=S)NC[C@H]1CN(c2ccc(Nc3cccc(C4(C)C=CC=CN4)cc3=O)c(F)c2)C(=O)O1. The van der Waals surface area contributed by atoms with E-state index in [-0.39, 0.29) is 23.3 Å². The summed E-state index contributed by atoms with van der Waals surface area (Å²) in [6, 6.07) is 11.1. The molecule has 0 aliphatic carbocycles. The van der Waals surface area contributed by atoms with Gasteiger partial charge in [0.25, 0.3) is 0 Å². The highest BCUT2D eigenvalue weighted by Crippen LogP contribution is 2.28. The number of benzene rings is 1. The summed E-state index contributed by atoms with van der Waals surface area (Å²) < 4.78 is 20.2. The van der Waals surface area contributed by atoms with E-state index >= 15 is 0 Å². The van der Waals surface area contributed by atoms with E-state index in [1.54, 1.807) is 25.1 Å². The number of amides is 1. The quantitative estimate of drug-likeness (QED) is 0.538. The van der Waals surface area contributed by atoms with E-state index in [1.807, 2.05) is 37.4 Å². The van der Waals surface area contributed by atoms with Crippen molar-refractivity contribution in [3.8, 4) is 0 Å². The molecule has 1 unspecified atom stereocenters. The molecular weight excluding hydrogens is 455 g/mol. The Balaban J connectivity index is 1.51. The lowest BCUT2D eigenvalue weighted by molar-refractivity contribution is 0.143. The number of nitrogens with one attached hydrogen (secondary N) is 3. The van der Waals surface area contributed by atoms with Crippen LogP contribution in [0.1, 0.15) is 19.4 Å². The Morgan fingerprint density at radius 3 is 2.76 bits per heavy atom. The number of dihydropyridines is 1. The number of ether oxygens (including phenoxy) is 1. The number of cyclic esters (lactones) is 1. The van der Waals surface area contributed by atoms with Gasteiger partial charge in [0.15, 0.2) is 0 Å². The highest BCUT2D eigenvalue weighted by atomic mass is 32.1. The summed E-state index contributed by atoms with van der Waals surface area (Å²) in [5, 5.41) is 9.09. The molecule has 1 fully saturated rings. The lowest BCUT2D eigenvalue weighted by Crippen LogP contribution is -2.35. The molecule has 2 aromatic carbocycles. The molecule has 2 heterocycles. The zero-order valence-electron chi connectivity index (χ0n) is 18.8. The molecule has 0 saturated carbocycles. The summed E-state index contributed by atoms with van der Waals surface area (Å²) in [6.45, 7) is 4.37. The molecule has 1 amide bonds. The van der Waals surface area contributed by atoms with Crippen LogP contribution in [-0.4, -0.2) is 30.3 Å². The molecule has 2 atom stereocenters. The Morgan fingerprint density at radius 1 is 1.24 bits per heavy atom. The van der Waals surface area contributed by atoms with E-state index in [2.05, 4.69) is 16.0 Å². The van der Waals surface area contributed by atoms with Gasteiger partial charge in [-0.25, -0.2) is 9.18 Å². The molecule has 2 aliphatic rings. The van der Waals surface area contributed by atoms with Gasteiger partial charge in [-0.15, -0.1) is 0 Å². The molecule has 176 valence electrons. The molecule has 9 heteroatoms. The van der Waals surface area contributed by atoms with Crippen LogP contribution in [0.3, 0.4) is 0 Å². The fourth-order valence-electron chi connectivity index (χ4n) is 3.79. The molecule has 7 nitrogen and oxygen atoms in total. The normalized spacial score (nSPS) is 21.1. The van der Waals surface area contributed by atoms with Crippen molar-refractivity contribution in [1.29, 1.82) is 0 Å². The van der Waals surface area contributed by atoms with Crippen LogP contribution in [0.2, 0.25) is 0 Å². The summed E-state index contributed by atoms with van der Waals surface area (Å²) in [5.74, 6) is -0.596. The Hall–Kier alpha value is -3.72. The van der Waals surface area contributed by atoms with Gasteiger partial charge in [0, 0.05) is 0 Å². The maximum Gasteiger partial charge on any atom is 0.414 e. The number of hydrogen-bond acceptors (Lipinski definition) is 6. The van der Waals surface area contributed by atoms with E-state index in [9.17, 15) is 14.0 Å². The van der Waals surface area contributed by atoms with Gasteiger partial charge in [-0.05, 0) is 62.0 Å². The van der Waals surface area contributed by atoms with Crippen molar-refractivity contribution in [2.45, 2.75) is 25.5 Å². The highest BCUT2D eigenvalue weighted by molar-refractivity contribution is 7.80. The first kappa shape index (κ1) is 23.4. The van der Waals surface area contributed by atoms with Gasteiger partial charge in [-0.2, -0.15) is 0 Å². The van der Waals surface area contributed by atoms with Gasteiger partial charge in [0.1, 0.15) is 11.9 Å². The smallest absolute Gasteiger partial charge is 0.414 e. The number of halogens is 1. The van der Waals surface area contributed by atoms with Crippen LogP contribution in [0.25, 0.3) is 0 Å². The number of nitrogens with zero attached hydrogens (tertiary/aromatic N) is 1. The number of anilines is 3. The van der Waals surface area contributed by atoms with Gasteiger partial charge < -0.3 is 20.7 Å². The summed E-state index contributed by atoms with van der Waals surface area (Å²) in [7, 11) is 0. The second kappa shape index (κ2) is 9.64. The largest absolute Gasteiger partial charge is 0.442 e. The average Bonchev–Trinajstić information content (AvgIpc) is 3.07. The number of carbonyl (C=O) groups excluding carboxylic acids is 1. The molecule has 1 saturated heterocycles. The highest BCUT2D eigenvalue weighted by Gasteiger charge is 2.32. The third-order valence-electron chi connectivity index (χ3n) is 5.70. The third kappa shape index (κ3) is 5.09. The first-order valence-corrected chi connectivity index (χ1v) is 11.2. The second-order valence-electron chi connectivity index (χ2n) is 8.31. The predicted molar refractivity (Wildman–Crippen MR) is 135 cm³/mol. The van der Waals surface area contributed by atoms with E-state index in [1.165, 1.54) is 23.1 Å². The minimum Gasteiger partial charge on any atom is -0.442 e. The lowest BCUT2D eigenvalue weighted by atomic mass is 9.91. The predicted octanol–water partition coefficient (Wildman–Crippen LogP) is 4.08. The van der Waals surface area contributed by atoms with Crippen LogP contribution in [0.5, 0.6) is 0 Å². The summed E-state index contributed by atoms with van der Waals surface area (Å²) >= 11 is 4.98. The van der Waals surface area contributed by atoms with Crippen LogP contribution in [0.4, 0.5) is 26.2 Å². The third-order valence-corrected chi connectivity index (χ3v) is 5.84. The number of carbonyl (C=O) groups is 1. The van der Waals surface area contributed by atoms with Crippen molar-refractivity contribution < 1.29 is 13.9 Å². The second-order valence-corrected chi connectivity index (χ2v) is 8.92.